The number of esters is 1. The van der Waals surface area contributed by atoms with Crippen LogP contribution in [0, 0.1) is 12.3 Å². The zero-order valence-corrected chi connectivity index (χ0v) is 7.97. The first-order valence-electron chi connectivity index (χ1n) is 3.24. The van der Waals surface area contributed by atoms with E-state index < -0.39 is 13.3 Å². The second-order valence-corrected chi connectivity index (χ2v) is 5.15. The largest absolute Gasteiger partial charge is 0.451 e. The lowest BCUT2D eigenvalue weighted by molar-refractivity contribution is -0.144. The molecular weight excluding hydrogens is 179 g/mol. The Kier molecular flexibility index (Phi) is 4.65. The van der Waals surface area contributed by atoms with Crippen molar-refractivity contribution in [3.63, 3.8) is 0 Å². The minimum absolute atomic E-state index is 0.0834. The van der Waals surface area contributed by atoms with Crippen LogP contribution < -0.4 is 0 Å². The molecule has 0 aliphatic carbocycles. The molecule has 0 spiro atoms. The van der Waals surface area contributed by atoms with Crippen LogP contribution in [0.2, 0.25) is 0 Å². The molecule has 0 atom stereocenters. The van der Waals surface area contributed by atoms with Crippen LogP contribution in [-0.4, -0.2) is 32.5 Å². The standard InChI is InChI=1S/C7H11O4P/c1-4-5-10-7(8)6-11-12(2,3)9/h1H,5-6H2,2-3H3. The predicted octanol–water partition coefficient (Wildman–Crippen LogP) is 0.717. The van der Waals surface area contributed by atoms with E-state index in [9.17, 15) is 9.36 Å². The number of ether oxygens (including phenoxy) is 1. The maximum atomic E-state index is 10.9. The van der Waals surface area contributed by atoms with E-state index >= 15 is 0 Å². The Balaban J connectivity index is 3.60. The van der Waals surface area contributed by atoms with E-state index in [0.29, 0.717) is 0 Å². The average Bonchev–Trinajstić information content (AvgIpc) is 1.95. The molecule has 12 heavy (non-hydrogen) atoms. The lowest BCUT2D eigenvalue weighted by atomic mass is 10.7. The topological polar surface area (TPSA) is 52.6 Å². The van der Waals surface area contributed by atoms with Crippen molar-refractivity contribution in [2.24, 2.45) is 0 Å². The van der Waals surface area contributed by atoms with Gasteiger partial charge in [-0.25, -0.2) is 4.79 Å². The molecule has 0 rings (SSSR count). The van der Waals surface area contributed by atoms with Gasteiger partial charge in [0, 0.05) is 13.3 Å². The lowest BCUT2D eigenvalue weighted by Gasteiger charge is -2.06. The van der Waals surface area contributed by atoms with Crippen molar-refractivity contribution >= 4 is 13.3 Å². The van der Waals surface area contributed by atoms with Gasteiger partial charge >= 0.3 is 5.97 Å². The highest BCUT2D eigenvalue weighted by Crippen LogP contribution is 2.36. The molecule has 68 valence electrons. The first-order chi connectivity index (χ1) is 5.45. The van der Waals surface area contributed by atoms with Gasteiger partial charge in [0.25, 0.3) is 0 Å². The lowest BCUT2D eigenvalue weighted by Crippen LogP contribution is -2.11. The van der Waals surface area contributed by atoms with E-state index in [2.05, 4.69) is 10.7 Å². The number of hydrogen-bond acceptors (Lipinski definition) is 4. The van der Waals surface area contributed by atoms with E-state index in [-0.39, 0.29) is 13.2 Å². The van der Waals surface area contributed by atoms with Gasteiger partial charge in [-0.05, 0) is 0 Å². The zero-order chi connectivity index (χ0) is 9.61. The van der Waals surface area contributed by atoms with Crippen LogP contribution in [0.3, 0.4) is 0 Å². The highest BCUT2D eigenvalue weighted by Gasteiger charge is 2.10. The molecule has 0 saturated heterocycles. The van der Waals surface area contributed by atoms with Crippen LogP contribution in [0.15, 0.2) is 0 Å². The monoisotopic (exact) mass is 190 g/mol. The third-order valence-corrected chi connectivity index (χ3v) is 1.56. The quantitative estimate of drug-likeness (QED) is 0.372. The second kappa shape index (κ2) is 4.97. The predicted molar refractivity (Wildman–Crippen MR) is 45.2 cm³/mol. The Morgan fingerprint density at radius 1 is 1.58 bits per heavy atom. The van der Waals surface area contributed by atoms with Crippen LogP contribution in [0.4, 0.5) is 0 Å². The summed E-state index contributed by atoms with van der Waals surface area (Å²) in [4.78, 5) is 10.7. The van der Waals surface area contributed by atoms with Gasteiger partial charge in [0.1, 0.15) is 0 Å². The second-order valence-electron chi connectivity index (χ2n) is 2.39. The third kappa shape index (κ3) is 7.33. The van der Waals surface area contributed by atoms with Crippen molar-refractivity contribution in [3.8, 4) is 12.3 Å². The van der Waals surface area contributed by atoms with Crippen LogP contribution in [0.25, 0.3) is 0 Å². The number of rotatable bonds is 4. The van der Waals surface area contributed by atoms with Crippen LogP contribution >= 0.6 is 7.37 Å². The van der Waals surface area contributed by atoms with E-state index in [1.54, 1.807) is 0 Å². The van der Waals surface area contributed by atoms with Crippen molar-refractivity contribution in [1.29, 1.82) is 0 Å². The fraction of sp³-hybridized carbons (Fsp3) is 0.571. The van der Waals surface area contributed by atoms with Crippen molar-refractivity contribution in [2.45, 2.75) is 0 Å². The van der Waals surface area contributed by atoms with E-state index in [1.807, 2.05) is 0 Å². The Labute approximate surface area is 71.7 Å². The minimum atomic E-state index is -2.60. The summed E-state index contributed by atoms with van der Waals surface area (Å²) in [5.41, 5.74) is 0. The SMILES string of the molecule is C#CCOC(=O)COP(C)(C)=O. The van der Waals surface area contributed by atoms with Crippen molar-refractivity contribution in [3.05, 3.63) is 0 Å². The molecule has 5 heteroatoms. The van der Waals surface area contributed by atoms with Gasteiger partial charge in [-0.1, -0.05) is 5.92 Å². The van der Waals surface area contributed by atoms with Gasteiger partial charge in [0.05, 0.1) is 0 Å². The molecule has 0 unspecified atom stereocenters. The molecule has 0 saturated carbocycles. The smallest absolute Gasteiger partial charge is 0.333 e. The van der Waals surface area contributed by atoms with Crippen LogP contribution in [0.5, 0.6) is 0 Å². The Hall–Kier alpha value is -0.780. The van der Waals surface area contributed by atoms with Gasteiger partial charge in [0.2, 0.25) is 0 Å². The highest BCUT2D eigenvalue weighted by atomic mass is 31.2. The molecule has 0 aromatic rings. The molecule has 0 radical (unpaired) electrons. The summed E-state index contributed by atoms with van der Waals surface area (Å²) in [6.07, 6.45) is 4.84. The fourth-order valence-electron chi connectivity index (χ4n) is 0.372. The van der Waals surface area contributed by atoms with Crippen LogP contribution in [0.1, 0.15) is 0 Å². The van der Waals surface area contributed by atoms with Gasteiger partial charge in [-0.3, -0.25) is 4.57 Å². The molecule has 0 aliphatic heterocycles. The minimum Gasteiger partial charge on any atom is -0.451 e. The Bertz CT molecular complexity index is 234. The normalized spacial score (nSPS) is 10.4. The van der Waals surface area contributed by atoms with Crippen molar-refractivity contribution in [2.75, 3.05) is 26.5 Å². The maximum absolute atomic E-state index is 10.9. The summed E-state index contributed by atoms with van der Waals surface area (Å²) < 4.78 is 20.1. The molecule has 0 aromatic carbocycles. The van der Waals surface area contributed by atoms with Crippen molar-refractivity contribution in [1.82, 2.24) is 0 Å². The van der Waals surface area contributed by atoms with Crippen LogP contribution in [-0.2, 0) is 18.6 Å². The number of carbonyl (C=O) groups excluding carboxylic acids is 1. The first-order valence-corrected chi connectivity index (χ1v) is 5.76. The van der Waals surface area contributed by atoms with Gasteiger partial charge < -0.3 is 9.26 Å². The molecule has 0 bridgehead atoms. The molecule has 0 aliphatic rings. The third-order valence-electron chi connectivity index (χ3n) is 0.810. The summed E-state index contributed by atoms with van der Waals surface area (Å²) in [5, 5.41) is 0. The molecule has 4 nitrogen and oxygen atoms in total. The van der Waals surface area contributed by atoms with E-state index in [1.165, 1.54) is 13.3 Å². The maximum Gasteiger partial charge on any atom is 0.333 e. The van der Waals surface area contributed by atoms with Gasteiger partial charge in [-0.2, -0.15) is 0 Å². The van der Waals surface area contributed by atoms with E-state index in [0.717, 1.165) is 0 Å². The van der Waals surface area contributed by atoms with Gasteiger partial charge in [-0.15, -0.1) is 6.42 Å². The average molecular weight is 190 g/mol. The number of hydrogen-bond donors (Lipinski definition) is 0. The molecule has 0 amide bonds. The Morgan fingerprint density at radius 2 is 2.17 bits per heavy atom. The number of carbonyl (C=O) groups is 1. The fourth-order valence-corrected chi connectivity index (χ4v) is 0.788. The summed E-state index contributed by atoms with van der Waals surface area (Å²) in [5.74, 6) is 1.53. The number of terminal acetylenes is 1. The first kappa shape index (κ1) is 11.2. The zero-order valence-electron chi connectivity index (χ0n) is 7.07. The van der Waals surface area contributed by atoms with Crippen molar-refractivity contribution < 1.29 is 18.6 Å². The molecule has 0 heterocycles. The summed E-state index contributed by atoms with van der Waals surface area (Å²) >= 11 is 0. The summed E-state index contributed by atoms with van der Waals surface area (Å²) in [7, 11) is -2.60. The molecule has 0 aromatic heterocycles. The highest BCUT2D eigenvalue weighted by molar-refractivity contribution is 7.57. The molecule has 0 N–H and O–H groups in total. The summed E-state index contributed by atoms with van der Waals surface area (Å²) in [6.45, 7) is 2.44. The van der Waals surface area contributed by atoms with Gasteiger partial charge in [0.15, 0.2) is 20.6 Å². The molecule has 0 fully saturated rings. The Morgan fingerprint density at radius 3 is 2.58 bits per heavy atom. The molecular formula is C7H11O4P. The summed E-state index contributed by atoms with van der Waals surface area (Å²) in [6, 6.07) is 0. The van der Waals surface area contributed by atoms with E-state index in [4.69, 9.17) is 10.9 Å².